The highest BCUT2D eigenvalue weighted by molar-refractivity contribution is 5.93. The highest BCUT2D eigenvalue weighted by atomic mass is 19.4. The molecule has 82 valence electrons. The molecule has 1 aliphatic heterocycles. The number of nitrogens with one attached hydrogen (secondary N) is 1. The number of hydrogen-bond acceptors (Lipinski definition) is 4. The summed E-state index contributed by atoms with van der Waals surface area (Å²) in [7, 11) is 1.28. The van der Waals surface area contributed by atoms with Gasteiger partial charge in [-0.1, -0.05) is 0 Å². The molecule has 5 nitrogen and oxygen atoms in total. The Balaban J connectivity index is 3.16. The van der Waals surface area contributed by atoms with Gasteiger partial charge in [0.2, 0.25) is 11.6 Å². The SMILES string of the molecule is CN1C=CC(C(=O)N=C=O)(C(F)(F)F)N1. The second-order valence-electron chi connectivity index (χ2n) is 2.85. The predicted octanol–water partition coefficient (Wildman–Crippen LogP) is 0.114. The number of carbonyl (C=O) groups excluding carboxylic acids is 2. The van der Waals surface area contributed by atoms with E-state index in [1.54, 1.807) is 0 Å². The lowest BCUT2D eigenvalue weighted by atomic mass is 10.00. The molecule has 15 heavy (non-hydrogen) atoms. The fourth-order valence-electron chi connectivity index (χ4n) is 1.10. The van der Waals surface area contributed by atoms with E-state index < -0.39 is 17.6 Å². The first-order chi connectivity index (χ1) is 6.83. The third-order valence-corrected chi connectivity index (χ3v) is 1.83. The minimum absolute atomic E-state index is 0.593. The van der Waals surface area contributed by atoms with Crippen LogP contribution in [0.5, 0.6) is 0 Å². The van der Waals surface area contributed by atoms with E-state index in [0.29, 0.717) is 6.08 Å². The Labute approximate surface area is 82.2 Å². The zero-order chi connectivity index (χ0) is 11.7. The second-order valence-corrected chi connectivity index (χ2v) is 2.85. The Morgan fingerprint density at radius 3 is 2.53 bits per heavy atom. The Hall–Kier alpha value is -1.66. The predicted molar refractivity (Wildman–Crippen MR) is 42.0 cm³/mol. The standard InChI is InChI=1S/C7H6F3N3O2/c1-13-3-2-6(12-13,7(8,9)10)5(15)11-4-14/h2-3,12H,1H3. The number of halogens is 3. The second kappa shape index (κ2) is 3.48. The van der Waals surface area contributed by atoms with Crippen LogP contribution in [0.15, 0.2) is 17.3 Å². The molecule has 0 radical (unpaired) electrons. The maximum absolute atomic E-state index is 12.6. The molecule has 1 rings (SSSR count). The molecular formula is C7H6F3N3O2. The number of aliphatic imine (C=N–C) groups is 1. The Morgan fingerprint density at radius 2 is 2.20 bits per heavy atom. The molecule has 0 spiro atoms. The maximum atomic E-state index is 12.6. The van der Waals surface area contributed by atoms with Gasteiger partial charge in [0.1, 0.15) is 0 Å². The van der Waals surface area contributed by atoms with Crippen molar-refractivity contribution in [2.45, 2.75) is 11.7 Å². The van der Waals surface area contributed by atoms with E-state index in [2.05, 4.69) is 4.99 Å². The van der Waals surface area contributed by atoms with E-state index >= 15 is 0 Å². The lowest BCUT2D eigenvalue weighted by Crippen LogP contribution is -2.60. The highest BCUT2D eigenvalue weighted by Gasteiger charge is 2.61. The van der Waals surface area contributed by atoms with Gasteiger partial charge in [-0.05, 0) is 6.08 Å². The van der Waals surface area contributed by atoms with Crippen LogP contribution in [0.1, 0.15) is 0 Å². The van der Waals surface area contributed by atoms with E-state index in [4.69, 9.17) is 0 Å². The fraction of sp³-hybridized carbons (Fsp3) is 0.429. The van der Waals surface area contributed by atoms with Crippen LogP contribution in [-0.2, 0) is 9.59 Å². The number of carbonyl (C=O) groups is 1. The Bertz CT molecular complexity index is 359. The quantitative estimate of drug-likeness (QED) is 0.504. The number of hydrazine groups is 1. The van der Waals surface area contributed by atoms with E-state index in [-0.39, 0.29) is 0 Å². The number of nitrogens with zero attached hydrogens (tertiary/aromatic N) is 2. The minimum Gasteiger partial charge on any atom is -0.317 e. The molecule has 0 saturated heterocycles. The first-order valence-electron chi connectivity index (χ1n) is 3.72. The third-order valence-electron chi connectivity index (χ3n) is 1.83. The van der Waals surface area contributed by atoms with Gasteiger partial charge in [-0.25, -0.2) is 10.2 Å². The lowest BCUT2D eigenvalue weighted by molar-refractivity contribution is -0.190. The summed E-state index contributed by atoms with van der Waals surface area (Å²) in [5.74, 6) is -1.65. The van der Waals surface area contributed by atoms with Crippen LogP contribution in [0.4, 0.5) is 13.2 Å². The third kappa shape index (κ3) is 1.77. The van der Waals surface area contributed by atoms with Crippen molar-refractivity contribution in [3.8, 4) is 0 Å². The van der Waals surface area contributed by atoms with Crippen LogP contribution in [0.25, 0.3) is 0 Å². The normalized spacial score (nSPS) is 25.2. The zero-order valence-electron chi connectivity index (χ0n) is 7.50. The van der Waals surface area contributed by atoms with Crippen LogP contribution < -0.4 is 5.43 Å². The minimum atomic E-state index is -4.88. The highest BCUT2D eigenvalue weighted by Crippen LogP contribution is 2.35. The average molecular weight is 221 g/mol. The summed E-state index contributed by atoms with van der Waals surface area (Å²) < 4.78 is 37.8. The summed E-state index contributed by atoms with van der Waals surface area (Å²) in [4.78, 5) is 23.3. The van der Waals surface area contributed by atoms with E-state index in [1.807, 2.05) is 5.43 Å². The molecular weight excluding hydrogens is 215 g/mol. The number of alkyl halides is 3. The summed E-state index contributed by atoms with van der Waals surface area (Å²) in [6.45, 7) is 0. The van der Waals surface area contributed by atoms with Gasteiger partial charge < -0.3 is 5.01 Å². The van der Waals surface area contributed by atoms with Crippen molar-refractivity contribution in [2.75, 3.05) is 7.05 Å². The van der Waals surface area contributed by atoms with Gasteiger partial charge in [0.05, 0.1) is 0 Å². The van der Waals surface area contributed by atoms with Gasteiger partial charge in [-0.2, -0.15) is 13.2 Å². The smallest absolute Gasteiger partial charge is 0.317 e. The topological polar surface area (TPSA) is 61.8 Å². The zero-order valence-corrected chi connectivity index (χ0v) is 7.50. The average Bonchev–Trinajstić information content (AvgIpc) is 2.48. The van der Waals surface area contributed by atoms with Crippen LogP contribution >= 0.6 is 0 Å². The molecule has 1 amide bonds. The molecule has 1 N–H and O–H groups in total. The molecule has 1 aliphatic rings. The monoisotopic (exact) mass is 221 g/mol. The van der Waals surface area contributed by atoms with Gasteiger partial charge in [0, 0.05) is 13.2 Å². The van der Waals surface area contributed by atoms with Crippen molar-refractivity contribution in [3.05, 3.63) is 12.3 Å². The number of amides is 1. The van der Waals surface area contributed by atoms with Gasteiger partial charge in [-0.3, -0.25) is 4.79 Å². The molecule has 0 fully saturated rings. The first-order valence-corrected chi connectivity index (χ1v) is 3.72. The number of rotatable bonds is 1. The van der Waals surface area contributed by atoms with Crippen LogP contribution in [0, 0.1) is 0 Å². The lowest BCUT2D eigenvalue weighted by Gasteiger charge is -2.28. The fourth-order valence-corrected chi connectivity index (χ4v) is 1.10. The molecule has 8 heteroatoms. The van der Waals surface area contributed by atoms with Crippen molar-refractivity contribution < 1.29 is 22.8 Å². The van der Waals surface area contributed by atoms with Gasteiger partial charge in [0.25, 0.3) is 5.91 Å². The van der Waals surface area contributed by atoms with E-state index in [9.17, 15) is 22.8 Å². The van der Waals surface area contributed by atoms with E-state index in [1.165, 1.54) is 7.05 Å². The molecule has 0 aliphatic carbocycles. The number of hydrogen-bond donors (Lipinski definition) is 1. The molecule has 1 heterocycles. The molecule has 0 aromatic heterocycles. The largest absolute Gasteiger partial charge is 0.421 e. The Morgan fingerprint density at radius 1 is 1.60 bits per heavy atom. The summed E-state index contributed by atoms with van der Waals surface area (Å²) in [6, 6.07) is 0. The summed E-state index contributed by atoms with van der Waals surface area (Å²) in [5, 5.41) is 0.950. The first kappa shape index (κ1) is 11.4. The number of isocyanates is 1. The molecule has 0 saturated carbocycles. The summed E-state index contributed by atoms with van der Waals surface area (Å²) in [6.07, 6.45) is -2.48. The summed E-state index contributed by atoms with van der Waals surface area (Å²) in [5.41, 5.74) is -1.09. The van der Waals surface area contributed by atoms with Crippen molar-refractivity contribution in [1.82, 2.24) is 10.4 Å². The van der Waals surface area contributed by atoms with Crippen LogP contribution in [0.2, 0.25) is 0 Å². The van der Waals surface area contributed by atoms with Gasteiger partial charge in [0.15, 0.2) is 0 Å². The van der Waals surface area contributed by atoms with Gasteiger partial charge >= 0.3 is 6.18 Å². The summed E-state index contributed by atoms with van der Waals surface area (Å²) >= 11 is 0. The van der Waals surface area contributed by atoms with Crippen molar-refractivity contribution in [1.29, 1.82) is 0 Å². The molecule has 0 aromatic rings. The van der Waals surface area contributed by atoms with Crippen molar-refractivity contribution in [3.63, 3.8) is 0 Å². The van der Waals surface area contributed by atoms with Crippen molar-refractivity contribution in [2.24, 2.45) is 4.99 Å². The Kier molecular flexibility index (Phi) is 2.65. The van der Waals surface area contributed by atoms with E-state index in [0.717, 1.165) is 17.3 Å². The van der Waals surface area contributed by atoms with Gasteiger partial charge in [-0.15, -0.1) is 4.99 Å². The van der Waals surface area contributed by atoms with Crippen LogP contribution in [-0.4, -0.2) is 35.8 Å². The molecule has 0 aromatic carbocycles. The molecule has 0 bridgehead atoms. The molecule has 1 atom stereocenters. The van der Waals surface area contributed by atoms with Crippen molar-refractivity contribution >= 4 is 12.0 Å². The van der Waals surface area contributed by atoms with Crippen LogP contribution in [0.3, 0.4) is 0 Å². The maximum Gasteiger partial charge on any atom is 0.421 e. The molecule has 1 unspecified atom stereocenters.